The van der Waals surface area contributed by atoms with E-state index in [4.69, 9.17) is 9.84 Å². The van der Waals surface area contributed by atoms with Crippen LogP contribution in [0.5, 0.6) is 11.5 Å². The van der Waals surface area contributed by atoms with Crippen LogP contribution in [0.25, 0.3) is 6.08 Å². The molecule has 2 aliphatic rings. The van der Waals surface area contributed by atoms with Crippen molar-refractivity contribution < 1.29 is 19.7 Å². The van der Waals surface area contributed by atoms with Gasteiger partial charge in [0.15, 0.2) is 16.7 Å². The van der Waals surface area contributed by atoms with Gasteiger partial charge in [-0.3, -0.25) is 9.69 Å². The number of aliphatic imine (C=N–C) groups is 1. The van der Waals surface area contributed by atoms with Crippen LogP contribution >= 0.6 is 27.7 Å². The Morgan fingerprint density at radius 1 is 1.35 bits per heavy atom. The molecule has 2 heterocycles. The van der Waals surface area contributed by atoms with E-state index in [1.54, 1.807) is 18.2 Å². The molecule has 2 N–H and O–H groups in total. The minimum absolute atomic E-state index is 0.0257. The van der Waals surface area contributed by atoms with Gasteiger partial charge in [0, 0.05) is 32.7 Å². The Morgan fingerprint density at radius 3 is 2.73 bits per heavy atom. The lowest BCUT2D eigenvalue weighted by atomic mass is 10.2. The fourth-order valence-electron chi connectivity index (χ4n) is 2.82. The summed E-state index contributed by atoms with van der Waals surface area (Å²) in [6, 6.07) is 3.40. The van der Waals surface area contributed by atoms with Gasteiger partial charge in [0.1, 0.15) is 0 Å². The number of aliphatic hydroxyl groups excluding tert-OH is 1. The Labute approximate surface area is 164 Å². The number of amides is 1. The maximum absolute atomic E-state index is 12.3. The van der Waals surface area contributed by atoms with Crippen LogP contribution in [0.3, 0.4) is 0 Å². The number of halogens is 1. The highest BCUT2D eigenvalue weighted by atomic mass is 79.9. The molecule has 0 radical (unpaired) electrons. The average molecular weight is 442 g/mol. The molecule has 0 aliphatic carbocycles. The van der Waals surface area contributed by atoms with Gasteiger partial charge in [-0.2, -0.15) is 4.99 Å². The number of rotatable bonds is 4. The van der Waals surface area contributed by atoms with Crippen LogP contribution in [-0.2, 0) is 4.79 Å². The van der Waals surface area contributed by atoms with Crippen molar-refractivity contribution in [3.05, 3.63) is 27.1 Å². The van der Waals surface area contributed by atoms with Gasteiger partial charge in [-0.1, -0.05) is 0 Å². The number of benzene rings is 1. The van der Waals surface area contributed by atoms with Gasteiger partial charge in [-0.05, 0) is 51.5 Å². The molecule has 3 rings (SSSR count). The number of amidine groups is 1. The van der Waals surface area contributed by atoms with Crippen LogP contribution < -0.4 is 4.74 Å². The number of thioether (sulfide) groups is 1. The summed E-state index contributed by atoms with van der Waals surface area (Å²) in [5, 5.41) is 19.6. The minimum atomic E-state index is -0.258. The zero-order chi connectivity index (χ0) is 18.7. The molecule has 1 saturated heterocycles. The van der Waals surface area contributed by atoms with E-state index in [-0.39, 0.29) is 18.3 Å². The number of phenols is 1. The maximum Gasteiger partial charge on any atom is 0.286 e. The first kappa shape index (κ1) is 19.2. The quantitative estimate of drug-likeness (QED) is 0.688. The normalized spacial score (nSPS) is 20.0. The molecular formula is C17H20BrN3O4S. The lowest BCUT2D eigenvalue weighted by Crippen LogP contribution is -2.48. The largest absolute Gasteiger partial charge is 0.503 e. The summed E-state index contributed by atoms with van der Waals surface area (Å²) >= 11 is 4.64. The molecular weight excluding hydrogens is 422 g/mol. The summed E-state index contributed by atoms with van der Waals surface area (Å²) in [6.07, 6.45) is 1.75. The SMILES string of the molecule is COc1cc(/C=C2\SC(N3CCN(CCO)CC3)=NC2=O)cc(Br)c1O. The topological polar surface area (TPSA) is 85.6 Å². The van der Waals surface area contributed by atoms with Crippen LogP contribution in [0.1, 0.15) is 5.56 Å². The predicted molar refractivity (Wildman–Crippen MR) is 105 cm³/mol. The van der Waals surface area contributed by atoms with Crippen molar-refractivity contribution in [3.63, 3.8) is 0 Å². The number of methoxy groups -OCH3 is 1. The number of nitrogens with zero attached hydrogens (tertiary/aromatic N) is 3. The number of carbonyl (C=O) groups is 1. The number of piperazine rings is 1. The highest BCUT2D eigenvalue weighted by Crippen LogP contribution is 2.37. The fourth-order valence-corrected chi connectivity index (χ4v) is 4.25. The van der Waals surface area contributed by atoms with Crippen molar-refractivity contribution >= 4 is 44.8 Å². The highest BCUT2D eigenvalue weighted by Gasteiger charge is 2.28. The molecule has 0 atom stereocenters. The summed E-state index contributed by atoms with van der Waals surface area (Å²) in [4.78, 5) is 21.3. The number of β-amino-alcohol motifs (C(OH)–C–C–N with tert-alkyl or cyclic N) is 1. The summed E-state index contributed by atoms with van der Waals surface area (Å²) in [7, 11) is 1.48. The molecule has 26 heavy (non-hydrogen) atoms. The maximum atomic E-state index is 12.3. The molecule has 1 aromatic carbocycles. The van der Waals surface area contributed by atoms with Crippen LogP contribution in [0.15, 0.2) is 26.5 Å². The van der Waals surface area contributed by atoms with E-state index >= 15 is 0 Å². The second-order valence-corrected chi connectivity index (χ2v) is 7.78. The summed E-state index contributed by atoms with van der Waals surface area (Å²) in [6.45, 7) is 4.09. The number of hydrogen-bond acceptors (Lipinski definition) is 7. The van der Waals surface area contributed by atoms with E-state index in [1.165, 1.54) is 18.9 Å². The van der Waals surface area contributed by atoms with Crippen LogP contribution in [0.2, 0.25) is 0 Å². The molecule has 7 nitrogen and oxygen atoms in total. The van der Waals surface area contributed by atoms with Crippen molar-refractivity contribution in [2.45, 2.75) is 0 Å². The smallest absolute Gasteiger partial charge is 0.286 e. The first-order chi connectivity index (χ1) is 12.5. The third-order valence-electron chi connectivity index (χ3n) is 4.24. The van der Waals surface area contributed by atoms with Crippen molar-refractivity contribution in [1.29, 1.82) is 0 Å². The standard InChI is InChI=1S/C17H20BrN3O4S/c1-25-13-9-11(8-12(18)15(13)23)10-14-16(24)19-17(26-14)21-4-2-20(3-5-21)6-7-22/h8-10,22-23H,2-7H2,1H3/b14-10-. The van der Waals surface area contributed by atoms with Gasteiger partial charge < -0.3 is 19.8 Å². The van der Waals surface area contributed by atoms with Gasteiger partial charge in [0.05, 0.1) is 23.1 Å². The molecule has 0 bridgehead atoms. The fraction of sp³-hybridized carbons (Fsp3) is 0.412. The van der Waals surface area contributed by atoms with Crippen molar-refractivity contribution in [2.75, 3.05) is 46.4 Å². The van der Waals surface area contributed by atoms with Crippen LogP contribution in [0, 0.1) is 0 Å². The molecule has 1 amide bonds. The van der Waals surface area contributed by atoms with Gasteiger partial charge in [0.2, 0.25) is 0 Å². The second kappa shape index (κ2) is 8.43. The lowest BCUT2D eigenvalue weighted by molar-refractivity contribution is -0.113. The third kappa shape index (κ3) is 4.22. The molecule has 0 aromatic heterocycles. The zero-order valence-electron chi connectivity index (χ0n) is 14.3. The number of aromatic hydroxyl groups is 1. The van der Waals surface area contributed by atoms with E-state index in [9.17, 15) is 9.90 Å². The Morgan fingerprint density at radius 2 is 2.08 bits per heavy atom. The number of phenolic OH excluding ortho intramolecular Hbond substituents is 1. The molecule has 0 unspecified atom stereocenters. The number of hydrogen-bond donors (Lipinski definition) is 2. The molecule has 2 aliphatic heterocycles. The number of ether oxygens (including phenoxy) is 1. The Kier molecular flexibility index (Phi) is 6.23. The number of aliphatic hydroxyl groups is 1. The summed E-state index contributed by atoms with van der Waals surface area (Å²) in [5.41, 5.74) is 0.742. The number of carbonyl (C=O) groups excluding carboxylic acids is 1. The van der Waals surface area contributed by atoms with Crippen molar-refractivity contribution in [2.24, 2.45) is 4.99 Å². The highest BCUT2D eigenvalue weighted by molar-refractivity contribution is 9.10. The van der Waals surface area contributed by atoms with Gasteiger partial charge in [-0.15, -0.1) is 0 Å². The van der Waals surface area contributed by atoms with Gasteiger partial charge in [0.25, 0.3) is 5.91 Å². The molecule has 9 heteroatoms. The minimum Gasteiger partial charge on any atom is -0.503 e. The van der Waals surface area contributed by atoms with Crippen LogP contribution in [-0.4, -0.2) is 77.5 Å². The molecule has 1 aromatic rings. The summed E-state index contributed by atoms with van der Waals surface area (Å²) in [5.74, 6) is 0.103. The molecule has 1 fully saturated rings. The predicted octanol–water partition coefficient (Wildman–Crippen LogP) is 1.74. The molecule has 0 spiro atoms. The van der Waals surface area contributed by atoms with E-state index in [1.807, 2.05) is 0 Å². The second-order valence-electron chi connectivity index (χ2n) is 5.92. The molecule has 0 saturated carbocycles. The Hall–Kier alpha value is -1.55. The van der Waals surface area contributed by atoms with Crippen molar-refractivity contribution in [3.8, 4) is 11.5 Å². The first-order valence-corrected chi connectivity index (χ1v) is 9.80. The lowest BCUT2D eigenvalue weighted by Gasteiger charge is -2.34. The van der Waals surface area contributed by atoms with Crippen molar-refractivity contribution in [1.82, 2.24) is 9.80 Å². The van der Waals surface area contributed by atoms with E-state index in [0.29, 0.717) is 21.7 Å². The summed E-state index contributed by atoms with van der Waals surface area (Å²) < 4.78 is 5.64. The van der Waals surface area contributed by atoms with Gasteiger partial charge in [-0.25, -0.2) is 0 Å². The van der Waals surface area contributed by atoms with Gasteiger partial charge >= 0.3 is 0 Å². The Balaban J connectivity index is 1.70. The van der Waals surface area contributed by atoms with E-state index < -0.39 is 0 Å². The van der Waals surface area contributed by atoms with E-state index in [2.05, 4.69) is 30.7 Å². The third-order valence-corrected chi connectivity index (χ3v) is 5.89. The van der Waals surface area contributed by atoms with Crippen LogP contribution in [0.4, 0.5) is 0 Å². The monoisotopic (exact) mass is 441 g/mol. The van der Waals surface area contributed by atoms with E-state index in [0.717, 1.165) is 36.9 Å². The zero-order valence-corrected chi connectivity index (χ0v) is 16.7. The Bertz CT molecular complexity index is 761. The average Bonchev–Trinajstić information content (AvgIpc) is 2.99. The first-order valence-electron chi connectivity index (χ1n) is 8.19. The molecule has 140 valence electrons.